The molecule has 76 valence electrons. The van der Waals surface area contributed by atoms with E-state index in [2.05, 4.69) is 10.3 Å². The predicted molar refractivity (Wildman–Crippen MR) is 50.0 cm³/mol. The molecule has 2 N–H and O–H groups in total. The van der Waals surface area contributed by atoms with Gasteiger partial charge in [0.25, 0.3) is 0 Å². The van der Waals surface area contributed by atoms with Crippen molar-refractivity contribution in [3.8, 4) is 11.4 Å². The molecule has 6 heteroatoms. The van der Waals surface area contributed by atoms with Gasteiger partial charge in [0.1, 0.15) is 11.4 Å². The highest BCUT2D eigenvalue weighted by Gasteiger charge is 2.08. The summed E-state index contributed by atoms with van der Waals surface area (Å²) < 4.78 is 1.35. The lowest BCUT2D eigenvalue weighted by Crippen LogP contribution is -1.99. The zero-order valence-corrected chi connectivity index (χ0v) is 7.53. The lowest BCUT2D eigenvalue weighted by atomic mass is 10.2. The standard InChI is InChI=1S/C9H7N3O3/c13-8-5-6(9(14)15)1-2-7(8)12-4-3-10-11-12/h1-5,13H,(H,14,15). The van der Waals surface area contributed by atoms with Gasteiger partial charge in [-0.25, -0.2) is 9.48 Å². The Bertz CT molecular complexity index is 493. The van der Waals surface area contributed by atoms with Crippen LogP contribution in [0.15, 0.2) is 30.6 Å². The number of hydrogen-bond acceptors (Lipinski definition) is 4. The van der Waals surface area contributed by atoms with Crippen LogP contribution in [-0.4, -0.2) is 31.2 Å². The summed E-state index contributed by atoms with van der Waals surface area (Å²) in [6, 6.07) is 4.02. The summed E-state index contributed by atoms with van der Waals surface area (Å²) in [6.45, 7) is 0. The number of phenols is 1. The van der Waals surface area contributed by atoms with Gasteiger partial charge in [-0.3, -0.25) is 0 Å². The van der Waals surface area contributed by atoms with E-state index >= 15 is 0 Å². The molecule has 0 aliphatic rings. The largest absolute Gasteiger partial charge is 0.506 e. The smallest absolute Gasteiger partial charge is 0.335 e. The molecule has 0 fully saturated rings. The van der Waals surface area contributed by atoms with Gasteiger partial charge in [0.05, 0.1) is 18.0 Å². The molecule has 0 saturated carbocycles. The Morgan fingerprint density at radius 2 is 2.20 bits per heavy atom. The van der Waals surface area contributed by atoms with Crippen molar-refractivity contribution >= 4 is 5.97 Å². The fourth-order valence-electron chi connectivity index (χ4n) is 1.19. The number of aromatic hydroxyl groups is 1. The molecular weight excluding hydrogens is 198 g/mol. The second-order valence-corrected chi connectivity index (χ2v) is 2.86. The number of carboxylic acids is 1. The summed E-state index contributed by atoms with van der Waals surface area (Å²) in [7, 11) is 0. The van der Waals surface area contributed by atoms with Gasteiger partial charge in [0.2, 0.25) is 0 Å². The van der Waals surface area contributed by atoms with Crippen molar-refractivity contribution in [2.75, 3.05) is 0 Å². The molecule has 6 nitrogen and oxygen atoms in total. The molecule has 0 aliphatic heterocycles. The number of benzene rings is 1. The van der Waals surface area contributed by atoms with Crippen LogP contribution in [-0.2, 0) is 0 Å². The Morgan fingerprint density at radius 1 is 1.40 bits per heavy atom. The Kier molecular flexibility index (Phi) is 2.09. The van der Waals surface area contributed by atoms with Crippen LogP contribution in [0.2, 0.25) is 0 Å². The van der Waals surface area contributed by atoms with E-state index in [1.165, 1.54) is 29.1 Å². The minimum absolute atomic E-state index is 0.0244. The van der Waals surface area contributed by atoms with E-state index in [1.54, 1.807) is 6.20 Å². The monoisotopic (exact) mass is 205 g/mol. The normalized spacial score (nSPS) is 10.1. The number of rotatable bonds is 2. The first kappa shape index (κ1) is 9.20. The number of aromatic carboxylic acids is 1. The van der Waals surface area contributed by atoms with Crippen molar-refractivity contribution in [1.82, 2.24) is 15.0 Å². The van der Waals surface area contributed by atoms with Crippen molar-refractivity contribution in [3.05, 3.63) is 36.2 Å². The number of hydrogen-bond donors (Lipinski definition) is 2. The maximum Gasteiger partial charge on any atom is 0.335 e. The van der Waals surface area contributed by atoms with Crippen LogP contribution in [0.25, 0.3) is 5.69 Å². The van der Waals surface area contributed by atoms with E-state index in [0.29, 0.717) is 5.69 Å². The van der Waals surface area contributed by atoms with Crippen molar-refractivity contribution < 1.29 is 15.0 Å². The van der Waals surface area contributed by atoms with Gasteiger partial charge in [0, 0.05) is 0 Å². The van der Waals surface area contributed by atoms with Gasteiger partial charge in [-0.15, -0.1) is 5.10 Å². The van der Waals surface area contributed by atoms with E-state index in [1.807, 2.05) is 0 Å². The molecule has 1 aromatic carbocycles. The van der Waals surface area contributed by atoms with Crippen LogP contribution in [0.1, 0.15) is 10.4 Å². The van der Waals surface area contributed by atoms with Crippen molar-refractivity contribution in [3.63, 3.8) is 0 Å². The third kappa shape index (κ3) is 1.64. The van der Waals surface area contributed by atoms with Crippen molar-refractivity contribution in [2.24, 2.45) is 0 Å². The topological polar surface area (TPSA) is 88.2 Å². The van der Waals surface area contributed by atoms with E-state index in [0.717, 1.165) is 0 Å². The van der Waals surface area contributed by atoms with E-state index < -0.39 is 5.97 Å². The van der Waals surface area contributed by atoms with Crippen LogP contribution < -0.4 is 0 Å². The summed E-state index contributed by atoms with van der Waals surface area (Å²) in [5, 5.41) is 25.5. The maximum atomic E-state index is 10.6. The van der Waals surface area contributed by atoms with Gasteiger partial charge in [-0.2, -0.15) is 0 Å². The number of carbonyl (C=O) groups is 1. The molecule has 1 heterocycles. The number of aromatic nitrogens is 3. The highest BCUT2D eigenvalue weighted by molar-refractivity contribution is 5.88. The molecule has 0 spiro atoms. The molecule has 1 aromatic heterocycles. The Hall–Kier alpha value is -2.37. The summed E-state index contributed by atoms with van der Waals surface area (Å²) >= 11 is 0. The summed E-state index contributed by atoms with van der Waals surface area (Å²) in [5.74, 6) is -1.24. The van der Waals surface area contributed by atoms with Crippen LogP contribution in [0, 0.1) is 0 Å². The summed E-state index contributed by atoms with van der Waals surface area (Å²) in [6.07, 6.45) is 3.01. The highest BCUT2D eigenvalue weighted by atomic mass is 16.4. The van der Waals surface area contributed by atoms with E-state index in [4.69, 9.17) is 5.11 Å². The Morgan fingerprint density at radius 3 is 2.73 bits per heavy atom. The lowest BCUT2D eigenvalue weighted by molar-refractivity contribution is 0.0696. The minimum Gasteiger partial charge on any atom is -0.506 e. The quantitative estimate of drug-likeness (QED) is 0.752. The molecule has 0 aliphatic carbocycles. The first-order valence-electron chi connectivity index (χ1n) is 4.11. The average Bonchev–Trinajstić information content (AvgIpc) is 2.70. The molecule has 0 radical (unpaired) electrons. The lowest BCUT2D eigenvalue weighted by Gasteiger charge is -2.03. The van der Waals surface area contributed by atoms with Crippen molar-refractivity contribution in [1.29, 1.82) is 0 Å². The first-order chi connectivity index (χ1) is 7.18. The number of phenolic OH excluding ortho intramolecular Hbond substituents is 1. The molecule has 0 unspecified atom stereocenters. The molecule has 0 saturated heterocycles. The second kappa shape index (κ2) is 3.41. The van der Waals surface area contributed by atoms with Crippen LogP contribution in [0.5, 0.6) is 5.75 Å². The maximum absolute atomic E-state index is 10.6. The van der Waals surface area contributed by atoms with E-state index in [-0.39, 0.29) is 11.3 Å². The summed E-state index contributed by atoms with van der Waals surface area (Å²) in [5.41, 5.74) is 0.411. The third-order valence-corrected chi connectivity index (χ3v) is 1.89. The van der Waals surface area contributed by atoms with E-state index in [9.17, 15) is 9.90 Å². The fourth-order valence-corrected chi connectivity index (χ4v) is 1.19. The molecule has 0 bridgehead atoms. The zero-order chi connectivity index (χ0) is 10.8. The van der Waals surface area contributed by atoms with Gasteiger partial charge >= 0.3 is 5.97 Å². The zero-order valence-electron chi connectivity index (χ0n) is 7.53. The molecule has 0 atom stereocenters. The van der Waals surface area contributed by atoms with Gasteiger partial charge in [-0.1, -0.05) is 5.21 Å². The van der Waals surface area contributed by atoms with Gasteiger partial charge < -0.3 is 10.2 Å². The average molecular weight is 205 g/mol. The Labute approximate surface area is 84.4 Å². The number of carboxylic acid groups (broad SMARTS) is 1. The molecule has 2 aromatic rings. The van der Waals surface area contributed by atoms with Gasteiger partial charge in [0.15, 0.2) is 0 Å². The molecule has 0 amide bonds. The minimum atomic E-state index is -1.09. The van der Waals surface area contributed by atoms with Crippen LogP contribution in [0.4, 0.5) is 0 Å². The Balaban J connectivity index is 2.48. The summed E-state index contributed by atoms with van der Waals surface area (Å²) in [4.78, 5) is 10.6. The second-order valence-electron chi connectivity index (χ2n) is 2.86. The molecular formula is C9H7N3O3. The highest BCUT2D eigenvalue weighted by Crippen LogP contribution is 2.21. The molecule has 15 heavy (non-hydrogen) atoms. The van der Waals surface area contributed by atoms with Crippen molar-refractivity contribution in [2.45, 2.75) is 0 Å². The van der Waals surface area contributed by atoms with Crippen LogP contribution in [0.3, 0.4) is 0 Å². The molecule has 2 rings (SSSR count). The van der Waals surface area contributed by atoms with Crippen LogP contribution >= 0.6 is 0 Å². The predicted octanol–water partition coefficient (Wildman–Crippen LogP) is 0.671. The SMILES string of the molecule is O=C(O)c1ccc(-n2ccnn2)c(O)c1. The van der Waals surface area contributed by atoms with Gasteiger partial charge in [-0.05, 0) is 18.2 Å². The third-order valence-electron chi connectivity index (χ3n) is 1.89. The fraction of sp³-hybridized carbons (Fsp3) is 0. The first-order valence-corrected chi connectivity index (χ1v) is 4.11. The number of nitrogens with zero attached hydrogens (tertiary/aromatic N) is 3.